The fraction of sp³-hybridized carbons (Fsp3) is 0.167. The molecule has 0 radical (unpaired) electrons. The summed E-state index contributed by atoms with van der Waals surface area (Å²) in [5.74, 6) is 1.25. The lowest BCUT2D eigenvalue weighted by Crippen LogP contribution is -2.40. The number of amides is 1. The Balaban J connectivity index is 1.50. The molecule has 0 bridgehead atoms. The third-order valence-corrected chi connectivity index (χ3v) is 3.58. The van der Waals surface area contributed by atoms with Crippen LogP contribution in [0.4, 0.5) is 0 Å². The van der Waals surface area contributed by atoms with Crippen LogP contribution in [-0.2, 0) is 4.79 Å². The standard InChI is InChI=1S/C18H16ClNO3/c19-14-5-3-4-13(10-14)8-9-18(21)20-11-15-12-22-16-6-1-2-7-17(16)23-15/h1-10,15H,11-12H2,(H,20,21)/b9-8+/t15-/m0/s1. The van der Waals surface area contributed by atoms with Crippen molar-refractivity contribution in [1.82, 2.24) is 5.32 Å². The molecule has 118 valence electrons. The van der Waals surface area contributed by atoms with Gasteiger partial charge in [0.2, 0.25) is 5.91 Å². The zero-order valence-electron chi connectivity index (χ0n) is 12.4. The molecule has 2 aromatic carbocycles. The molecule has 0 spiro atoms. The van der Waals surface area contributed by atoms with Crippen LogP contribution >= 0.6 is 11.6 Å². The molecule has 1 aliphatic heterocycles. The molecule has 0 saturated carbocycles. The molecular weight excluding hydrogens is 314 g/mol. The van der Waals surface area contributed by atoms with Gasteiger partial charge in [-0.15, -0.1) is 0 Å². The predicted octanol–water partition coefficient (Wildman–Crippen LogP) is 3.31. The highest BCUT2D eigenvalue weighted by Gasteiger charge is 2.20. The Kier molecular flexibility index (Phi) is 4.83. The summed E-state index contributed by atoms with van der Waals surface area (Å²) in [6.45, 7) is 0.794. The van der Waals surface area contributed by atoms with E-state index >= 15 is 0 Å². The van der Waals surface area contributed by atoms with E-state index in [0.717, 1.165) is 11.3 Å². The lowest BCUT2D eigenvalue weighted by atomic mass is 10.2. The maximum absolute atomic E-state index is 11.9. The van der Waals surface area contributed by atoms with Gasteiger partial charge in [-0.2, -0.15) is 0 Å². The average Bonchev–Trinajstić information content (AvgIpc) is 2.58. The minimum Gasteiger partial charge on any atom is -0.486 e. The molecule has 5 heteroatoms. The maximum Gasteiger partial charge on any atom is 0.244 e. The Bertz CT molecular complexity index is 730. The molecule has 23 heavy (non-hydrogen) atoms. The number of hydrogen-bond donors (Lipinski definition) is 1. The van der Waals surface area contributed by atoms with Gasteiger partial charge in [0.1, 0.15) is 12.7 Å². The molecule has 1 amide bonds. The van der Waals surface area contributed by atoms with Gasteiger partial charge in [0, 0.05) is 11.1 Å². The number of halogens is 1. The van der Waals surface area contributed by atoms with Crippen LogP contribution in [0.2, 0.25) is 5.02 Å². The van der Waals surface area contributed by atoms with Crippen molar-refractivity contribution in [2.24, 2.45) is 0 Å². The van der Waals surface area contributed by atoms with Gasteiger partial charge in [-0.3, -0.25) is 4.79 Å². The van der Waals surface area contributed by atoms with Crippen molar-refractivity contribution in [1.29, 1.82) is 0 Å². The third kappa shape index (κ3) is 4.27. The van der Waals surface area contributed by atoms with Crippen LogP contribution in [0.3, 0.4) is 0 Å². The number of carbonyl (C=O) groups excluding carboxylic acids is 1. The smallest absolute Gasteiger partial charge is 0.244 e. The summed E-state index contributed by atoms with van der Waals surface area (Å²) < 4.78 is 11.4. The van der Waals surface area contributed by atoms with Gasteiger partial charge in [-0.1, -0.05) is 35.9 Å². The Hall–Kier alpha value is -2.46. The van der Waals surface area contributed by atoms with Crippen molar-refractivity contribution in [2.45, 2.75) is 6.10 Å². The van der Waals surface area contributed by atoms with Gasteiger partial charge in [-0.05, 0) is 35.9 Å². The molecule has 0 unspecified atom stereocenters. The predicted molar refractivity (Wildman–Crippen MR) is 89.8 cm³/mol. The van der Waals surface area contributed by atoms with Gasteiger partial charge in [0.05, 0.1) is 6.54 Å². The minimum atomic E-state index is -0.201. The normalized spacial score (nSPS) is 16.3. The van der Waals surface area contributed by atoms with E-state index in [1.54, 1.807) is 18.2 Å². The zero-order chi connectivity index (χ0) is 16.1. The van der Waals surface area contributed by atoms with Crippen molar-refractivity contribution in [3.8, 4) is 11.5 Å². The number of carbonyl (C=O) groups is 1. The molecule has 3 rings (SSSR count). The van der Waals surface area contributed by atoms with Crippen LogP contribution in [-0.4, -0.2) is 25.2 Å². The van der Waals surface area contributed by atoms with Gasteiger partial charge in [0.15, 0.2) is 11.5 Å². The van der Waals surface area contributed by atoms with Crippen molar-refractivity contribution in [2.75, 3.05) is 13.2 Å². The van der Waals surface area contributed by atoms with E-state index in [9.17, 15) is 4.79 Å². The summed E-state index contributed by atoms with van der Waals surface area (Å²) in [4.78, 5) is 11.9. The number of benzene rings is 2. The van der Waals surface area contributed by atoms with Crippen LogP contribution < -0.4 is 14.8 Å². The van der Waals surface area contributed by atoms with Crippen LogP contribution in [0.15, 0.2) is 54.6 Å². The summed E-state index contributed by atoms with van der Waals surface area (Å²) in [6.07, 6.45) is 2.99. The molecule has 1 N–H and O–H groups in total. The topological polar surface area (TPSA) is 47.6 Å². The largest absolute Gasteiger partial charge is 0.486 e. The second kappa shape index (κ2) is 7.20. The van der Waals surface area contributed by atoms with Gasteiger partial charge >= 0.3 is 0 Å². The van der Waals surface area contributed by atoms with E-state index in [0.29, 0.717) is 23.9 Å². The minimum absolute atomic E-state index is 0.188. The van der Waals surface area contributed by atoms with Crippen LogP contribution in [0.5, 0.6) is 11.5 Å². The number of fused-ring (bicyclic) bond motifs is 1. The van der Waals surface area contributed by atoms with E-state index in [1.807, 2.05) is 36.4 Å². The highest BCUT2D eigenvalue weighted by Crippen LogP contribution is 2.30. The summed E-state index contributed by atoms with van der Waals surface area (Å²) in [6, 6.07) is 14.8. The summed E-state index contributed by atoms with van der Waals surface area (Å²) >= 11 is 5.90. The first-order valence-electron chi connectivity index (χ1n) is 7.31. The fourth-order valence-corrected chi connectivity index (χ4v) is 2.42. The van der Waals surface area contributed by atoms with Crippen molar-refractivity contribution in [3.63, 3.8) is 0 Å². The van der Waals surface area contributed by atoms with Gasteiger partial charge in [0.25, 0.3) is 0 Å². The lowest BCUT2D eigenvalue weighted by Gasteiger charge is -2.26. The molecule has 1 atom stereocenters. The number of rotatable bonds is 4. The molecular formula is C18H16ClNO3. The van der Waals surface area contributed by atoms with Gasteiger partial charge < -0.3 is 14.8 Å². The Morgan fingerprint density at radius 1 is 1.22 bits per heavy atom. The molecule has 0 fully saturated rings. The highest BCUT2D eigenvalue weighted by atomic mass is 35.5. The van der Waals surface area contributed by atoms with Crippen molar-refractivity contribution >= 4 is 23.6 Å². The molecule has 1 aliphatic rings. The first-order valence-corrected chi connectivity index (χ1v) is 7.68. The van der Waals surface area contributed by atoms with E-state index in [1.165, 1.54) is 6.08 Å². The maximum atomic E-state index is 11.9. The second-order valence-corrected chi connectivity index (χ2v) is 5.57. The van der Waals surface area contributed by atoms with E-state index in [4.69, 9.17) is 21.1 Å². The quantitative estimate of drug-likeness (QED) is 0.875. The molecule has 0 aromatic heterocycles. The summed E-state index contributed by atoms with van der Waals surface area (Å²) in [5.41, 5.74) is 0.874. The number of ether oxygens (including phenoxy) is 2. The highest BCUT2D eigenvalue weighted by molar-refractivity contribution is 6.30. The van der Waals surface area contributed by atoms with Crippen LogP contribution in [0, 0.1) is 0 Å². The lowest BCUT2D eigenvalue weighted by molar-refractivity contribution is -0.116. The summed E-state index contributed by atoms with van der Waals surface area (Å²) in [7, 11) is 0. The first-order chi connectivity index (χ1) is 11.2. The van der Waals surface area contributed by atoms with Crippen LogP contribution in [0.1, 0.15) is 5.56 Å². The SMILES string of the molecule is O=C(/C=C/c1cccc(Cl)c1)NC[C@H]1COc2ccccc2O1. The summed E-state index contributed by atoms with van der Waals surface area (Å²) in [5, 5.41) is 3.44. The zero-order valence-corrected chi connectivity index (χ0v) is 13.1. The Labute approximate surface area is 139 Å². The number of hydrogen-bond acceptors (Lipinski definition) is 3. The van der Waals surface area contributed by atoms with Crippen molar-refractivity contribution < 1.29 is 14.3 Å². The van der Waals surface area contributed by atoms with E-state index < -0.39 is 0 Å². The molecule has 4 nitrogen and oxygen atoms in total. The monoisotopic (exact) mass is 329 g/mol. The second-order valence-electron chi connectivity index (χ2n) is 5.13. The Morgan fingerprint density at radius 3 is 2.87 bits per heavy atom. The Morgan fingerprint density at radius 2 is 2.04 bits per heavy atom. The van der Waals surface area contributed by atoms with Crippen LogP contribution in [0.25, 0.3) is 6.08 Å². The van der Waals surface area contributed by atoms with E-state index in [2.05, 4.69) is 5.32 Å². The first kappa shape index (κ1) is 15.4. The molecule has 2 aromatic rings. The van der Waals surface area contributed by atoms with E-state index in [-0.39, 0.29) is 12.0 Å². The molecule has 1 heterocycles. The number of para-hydroxylation sites is 2. The number of nitrogens with one attached hydrogen (secondary N) is 1. The molecule has 0 saturated heterocycles. The fourth-order valence-electron chi connectivity index (χ4n) is 2.22. The average molecular weight is 330 g/mol. The van der Waals surface area contributed by atoms with Crippen molar-refractivity contribution in [3.05, 3.63) is 65.2 Å². The van der Waals surface area contributed by atoms with Gasteiger partial charge in [-0.25, -0.2) is 0 Å². The molecule has 0 aliphatic carbocycles. The third-order valence-electron chi connectivity index (χ3n) is 3.35.